The van der Waals surface area contributed by atoms with E-state index in [2.05, 4.69) is 0 Å². The summed E-state index contributed by atoms with van der Waals surface area (Å²) in [4.78, 5) is 0. The predicted octanol–water partition coefficient (Wildman–Crippen LogP) is 1.97. The Bertz CT molecular complexity index is 203. The van der Waals surface area contributed by atoms with Gasteiger partial charge in [-0.05, 0) is 13.8 Å². The van der Waals surface area contributed by atoms with E-state index in [9.17, 15) is 0 Å². The first-order valence-corrected chi connectivity index (χ1v) is 3.07. The van der Waals surface area contributed by atoms with Gasteiger partial charge in [-0.15, -0.1) is 0 Å². The van der Waals surface area contributed by atoms with Crippen LogP contribution < -0.4 is 0 Å². The van der Waals surface area contributed by atoms with E-state index in [1.165, 1.54) is 5.57 Å². The Kier molecular flexibility index (Phi) is 1.52. The third-order valence-electron chi connectivity index (χ3n) is 1.23. The molecule has 1 aliphatic rings. The fourth-order valence-electron chi connectivity index (χ4n) is 0.703. The first kappa shape index (κ1) is 6.27. The van der Waals surface area contributed by atoms with E-state index in [0.717, 1.165) is 11.5 Å². The Morgan fingerprint density at radius 1 is 1.33 bits per heavy atom. The molecule has 0 saturated heterocycles. The van der Waals surface area contributed by atoms with E-state index in [1.807, 2.05) is 32.9 Å². The monoisotopic (exact) mass is 123 g/mol. The third-order valence-corrected chi connectivity index (χ3v) is 1.23. The fourth-order valence-corrected chi connectivity index (χ4v) is 0.703. The van der Waals surface area contributed by atoms with Crippen molar-refractivity contribution in [3.05, 3.63) is 23.5 Å². The van der Waals surface area contributed by atoms with Gasteiger partial charge in [0.15, 0.2) is 0 Å². The van der Waals surface area contributed by atoms with Crippen molar-refractivity contribution in [3.63, 3.8) is 0 Å². The second-order valence-electron chi connectivity index (χ2n) is 2.41. The molecule has 0 spiro atoms. The summed E-state index contributed by atoms with van der Waals surface area (Å²) in [6.45, 7) is 6.03. The number of carbonyl (C=O) groups excluding carboxylic acids is 1. The predicted molar refractivity (Wildman–Crippen MR) is 38.2 cm³/mol. The van der Waals surface area contributed by atoms with Crippen LogP contribution >= 0.6 is 0 Å². The highest BCUT2D eigenvalue weighted by atomic mass is 16.4. The molecule has 0 N–H and O–H groups in total. The fraction of sp³-hybridized carbons (Fsp3) is 0.375. The quantitative estimate of drug-likeness (QED) is 0.436. The molecule has 1 heterocycles. The van der Waals surface area contributed by atoms with Crippen molar-refractivity contribution < 1.29 is 4.42 Å². The van der Waals surface area contributed by atoms with Gasteiger partial charge in [-0.3, -0.25) is 0 Å². The van der Waals surface area contributed by atoms with Gasteiger partial charge in [-0.2, -0.15) is 0 Å². The molecule has 48 valence electrons. The van der Waals surface area contributed by atoms with Crippen molar-refractivity contribution in [2.75, 3.05) is 0 Å². The van der Waals surface area contributed by atoms with Gasteiger partial charge in [-0.1, -0.05) is 0 Å². The van der Waals surface area contributed by atoms with Crippen molar-refractivity contribution in [1.29, 1.82) is 0 Å². The molecule has 0 aromatic heterocycles. The third kappa shape index (κ3) is 1.28. The summed E-state index contributed by atoms with van der Waals surface area (Å²) in [6.07, 6.45) is 3.97. The molecule has 1 heteroatoms. The normalized spacial score (nSPS) is 16.3. The maximum atomic E-state index is 5.31. The lowest BCUT2D eigenvalue weighted by atomic mass is 10.3. The smallest absolute Gasteiger partial charge is 0.213 e. The highest BCUT2D eigenvalue weighted by molar-refractivity contribution is 5.89. The summed E-state index contributed by atoms with van der Waals surface area (Å²) < 4.78 is 5.31. The standard InChI is InChI=1S/C8H11O/c1-6(2)8-5-4-7(3)9-8/h4-5H,1-3H3/q+1. The molecule has 1 aliphatic heterocycles. The van der Waals surface area contributed by atoms with Gasteiger partial charge in [0.05, 0.1) is 13.0 Å². The summed E-state index contributed by atoms with van der Waals surface area (Å²) in [5, 5.41) is 0. The minimum absolute atomic E-state index is 0.978. The number of hydrogen-bond acceptors (Lipinski definition) is 0. The molecule has 0 aliphatic carbocycles. The van der Waals surface area contributed by atoms with Gasteiger partial charge in [0.25, 0.3) is 0 Å². The van der Waals surface area contributed by atoms with Gasteiger partial charge in [0.1, 0.15) is 0 Å². The Labute approximate surface area is 55.4 Å². The molecule has 9 heavy (non-hydrogen) atoms. The van der Waals surface area contributed by atoms with Gasteiger partial charge in [0, 0.05) is 11.6 Å². The number of hydrogen-bond donors (Lipinski definition) is 0. The van der Waals surface area contributed by atoms with E-state index in [1.54, 1.807) is 0 Å². The van der Waals surface area contributed by atoms with Gasteiger partial charge >= 0.3 is 11.5 Å². The second-order valence-corrected chi connectivity index (χ2v) is 2.41. The van der Waals surface area contributed by atoms with Crippen LogP contribution in [0, 0.1) is 0 Å². The highest BCUT2D eigenvalue weighted by Crippen LogP contribution is 2.08. The summed E-state index contributed by atoms with van der Waals surface area (Å²) in [6, 6.07) is 0. The van der Waals surface area contributed by atoms with Crippen LogP contribution in [0.5, 0.6) is 0 Å². The molecule has 0 aromatic rings. The molecular formula is C8H11O+. The summed E-state index contributed by atoms with van der Waals surface area (Å²) in [5.41, 5.74) is 1.23. The first-order chi connectivity index (χ1) is 4.20. The van der Waals surface area contributed by atoms with E-state index in [4.69, 9.17) is 4.42 Å². The number of rotatable bonds is 0. The van der Waals surface area contributed by atoms with Crippen molar-refractivity contribution >= 4 is 5.78 Å². The second kappa shape index (κ2) is 2.18. The van der Waals surface area contributed by atoms with Crippen LogP contribution in [0.3, 0.4) is 0 Å². The zero-order chi connectivity index (χ0) is 6.85. The van der Waals surface area contributed by atoms with Crippen molar-refractivity contribution in [2.45, 2.75) is 20.8 Å². The summed E-state index contributed by atoms with van der Waals surface area (Å²) in [7, 11) is 0. The molecule has 1 nitrogen and oxygen atoms in total. The molecule has 0 fully saturated rings. The Hall–Kier alpha value is -0.850. The molecule has 0 unspecified atom stereocenters. The molecule has 0 saturated carbocycles. The van der Waals surface area contributed by atoms with Crippen LogP contribution in [0.2, 0.25) is 0 Å². The van der Waals surface area contributed by atoms with Crippen LogP contribution in [0.15, 0.2) is 23.5 Å². The van der Waals surface area contributed by atoms with Crippen molar-refractivity contribution in [1.82, 2.24) is 0 Å². The average Bonchev–Trinajstić information content (AvgIpc) is 2.14. The first-order valence-electron chi connectivity index (χ1n) is 3.07. The Balaban J connectivity index is 2.95. The zero-order valence-corrected chi connectivity index (χ0v) is 6.06. The molecule has 0 bridgehead atoms. The maximum Gasteiger partial charge on any atom is 0.351 e. The molecule has 0 amide bonds. The lowest BCUT2D eigenvalue weighted by molar-refractivity contribution is -0.388. The molecular weight excluding hydrogens is 112 g/mol. The lowest BCUT2D eigenvalue weighted by Crippen LogP contribution is -1.82. The number of ketones is 1. The van der Waals surface area contributed by atoms with Gasteiger partial charge in [-0.25, -0.2) is 4.42 Å². The van der Waals surface area contributed by atoms with E-state index >= 15 is 0 Å². The van der Waals surface area contributed by atoms with Gasteiger partial charge in [0.2, 0.25) is 0 Å². The summed E-state index contributed by atoms with van der Waals surface area (Å²) in [5.74, 6) is 1.97. The topological polar surface area (TPSA) is 11.3 Å². The van der Waals surface area contributed by atoms with Crippen LogP contribution in [-0.2, 0) is 4.42 Å². The molecule has 1 rings (SSSR count). The lowest BCUT2D eigenvalue weighted by Gasteiger charge is -1.77. The van der Waals surface area contributed by atoms with Crippen LogP contribution in [0.1, 0.15) is 20.8 Å². The summed E-state index contributed by atoms with van der Waals surface area (Å²) >= 11 is 0. The van der Waals surface area contributed by atoms with E-state index in [-0.39, 0.29) is 0 Å². The van der Waals surface area contributed by atoms with Crippen LogP contribution in [0.4, 0.5) is 0 Å². The Morgan fingerprint density at radius 3 is 2.22 bits per heavy atom. The largest absolute Gasteiger partial charge is 0.351 e. The van der Waals surface area contributed by atoms with Crippen LogP contribution in [-0.4, -0.2) is 5.78 Å². The average molecular weight is 123 g/mol. The zero-order valence-electron chi connectivity index (χ0n) is 6.06. The minimum Gasteiger partial charge on any atom is -0.213 e. The maximum absolute atomic E-state index is 5.31. The van der Waals surface area contributed by atoms with Gasteiger partial charge < -0.3 is 0 Å². The molecule has 0 aromatic carbocycles. The van der Waals surface area contributed by atoms with Crippen molar-refractivity contribution in [2.24, 2.45) is 0 Å². The Morgan fingerprint density at radius 2 is 2.00 bits per heavy atom. The van der Waals surface area contributed by atoms with Crippen LogP contribution in [0.25, 0.3) is 0 Å². The van der Waals surface area contributed by atoms with Crippen molar-refractivity contribution in [3.8, 4) is 0 Å². The number of allylic oxidation sites excluding steroid dienone is 3. The van der Waals surface area contributed by atoms with E-state index < -0.39 is 0 Å². The minimum atomic E-state index is 0.978. The SMILES string of the molecule is CC1=[O+]C(=C(C)C)C=C1. The molecule has 0 atom stereocenters. The highest BCUT2D eigenvalue weighted by Gasteiger charge is 2.14. The van der Waals surface area contributed by atoms with E-state index in [0.29, 0.717) is 0 Å². The molecule has 0 radical (unpaired) electrons.